The molecule has 0 bridgehead atoms. The summed E-state index contributed by atoms with van der Waals surface area (Å²) in [5.41, 5.74) is 1.39. The van der Waals surface area contributed by atoms with E-state index in [0.29, 0.717) is 46.6 Å². The molecule has 0 atom stereocenters. The van der Waals surface area contributed by atoms with Gasteiger partial charge in [-0.25, -0.2) is 0 Å². The van der Waals surface area contributed by atoms with Gasteiger partial charge in [0.05, 0.1) is 39.2 Å². The first-order chi connectivity index (χ1) is 15.4. The lowest BCUT2D eigenvalue weighted by atomic mass is 9.99. The van der Waals surface area contributed by atoms with E-state index in [9.17, 15) is 9.59 Å². The second-order valence-electron chi connectivity index (χ2n) is 7.92. The number of likely N-dealkylation sites (tertiary alicyclic amines) is 1. The first kappa shape index (κ1) is 23.4. The molecule has 1 fully saturated rings. The van der Waals surface area contributed by atoms with Crippen LogP contribution in [-0.4, -0.2) is 57.7 Å². The molecule has 0 saturated carbocycles. The predicted molar refractivity (Wildman–Crippen MR) is 124 cm³/mol. The van der Waals surface area contributed by atoms with E-state index in [1.165, 1.54) is 21.3 Å². The number of benzene rings is 2. The Morgan fingerprint density at radius 2 is 1.50 bits per heavy atom. The highest BCUT2D eigenvalue weighted by molar-refractivity contribution is 6.08. The Morgan fingerprint density at radius 3 is 2.03 bits per heavy atom. The van der Waals surface area contributed by atoms with Crippen LogP contribution in [0.4, 0.5) is 11.4 Å². The van der Waals surface area contributed by atoms with Gasteiger partial charge in [-0.3, -0.25) is 14.5 Å². The summed E-state index contributed by atoms with van der Waals surface area (Å²) in [5.74, 6) is 1.42. The number of hydrogen-bond acceptors (Lipinski definition) is 6. The molecule has 32 heavy (non-hydrogen) atoms. The maximum Gasteiger partial charge on any atom is 0.255 e. The van der Waals surface area contributed by atoms with Gasteiger partial charge in [-0.15, -0.1) is 0 Å². The van der Waals surface area contributed by atoms with Crippen LogP contribution in [-0.2, 0) is 4.79 Å². The van der Waals surface area contributed by atoms with E-state index < -0.39 is 0 Å². The molecule has 8 heteroatoms. The van der Waals surface area contributed by atoms with Crippen LogP contribution in [0.2, 0.25) is 0 Å². The molecule has 0 aliphatic carbocycles. The fourth-order valence-corrected chi connectivity index (χ4v) is 3.72. The quantitative estimate of drug-likeness (QED) is 0.650. The van der Waals surface area contributed by atoms with E-state index in [0.717, 1.165) is 25.9 Å². The number of carbonyl (C=O) groups excluding carboxylic acids is 2. The second kappa shape index (κ2) is 10.9. The average Bonchev–Trinajstić information content (AvgIpc) is 2.80. The SMILES string of the molecule is COc1cc(C(=O)Nc2ccccc2NC(=O)CN2CCC(C)CC2)cc(OC)c1OC. The highest BCUT2D eigenvalue weighted by Crippen LogP contribution is 2.38. The minimum atomic E-state index is -0.365. The Kier molecular flexibility index (Phi) is 7.94. The van der Waals surface area contributed by atoms with Crippen LogP contribution in [0.15, 0.2) is 36.4 Å². The van der Waals surface area contributed by atoms with Gasteiger partial charge in [0, 0.05) is 5.56 Å². The number of nitrogens with one attached hydrogen (secondary N) is 2. The smallest absolute Gasteiger partial charge is 0.255 e. The Morgan fingerprint density at radius 1 is 0.938 bits per heavy atom. The third-order valence-corrected chi connectivity index (χ3v) is 5.62. The largest absolute Gasteiger partial charge is 0.493 e. The van der Waals surface area contributed by atoms with Crippen molar-refractivity contribution in [1.29, 1.82) is 0 Å². The van der Waals surface area contributed by atoms with Crippen molar-refractivity contribution in [3.05, 3.63) is 42.0 Å². The van der Waals surface area contributed by atoms with Crippen LogP contribution < -0.4 is 24.8 Å². The van der Waals surface area contributed by atoms with Crippen LogP contribution in [0.25, 0.3) is 0 Å². The van der Waals surface area contributed by atoms with Crippen molar-refractivity contribution in [2.24, 2.45) is 5.92 Å². The highest BCUT2D eigenvalue weighted by atomic mass is 16.5. The molecule has 1 saturated heterocycles. The maximum atomic E-state index is 13.0. The molecule has 0 spiro atoms. The topological polar surface area (TPSA) is 89.1 Å². The molecular weight excluding hydrogens is 410 g/mol. The number of methoxy groups -OCH3 is 3. The predicted octanol–water partition coefficient (Wildman–Crippen LogP) is 3.64. The molecule has 0 unspecified atom stereocenters. The van der Waals surface area contributed by atoms with Gasteiger partial charge in [0.25, 0.3) is 5.91 Å². The number of carbonyl (C=O) groups is 2. The van der Waals surface area contributed by atoms with Crippen molar-refractivity contribution in [1.82, 2.24) is 4.90 Å². The lowest BCUT2D eigenvalue weighted by Gasteiger charge is -2.29. The summed E-state index contributed by atoms with van der Waals surface area (Å²) in [4.78, 5) is 27.7. The van der Waals surface area contributed by atoms with Crippen molar-refractivity contribution in [3.63, 3.8) is 0 Å². The standard InChI is InChI=1S/C24H31N3O5/c1-16-9-11-27(12-10-16)15-22(28)25-18-7-5-6-8-19(18)26-24(29)17-13-20(30-2)23(32-4)21(14-17)31-3/h5-8,13-14,16H,9-12,15H2,1-4H3,(H,25,28)(H,26,29). The first-order valence-electron chi connectivity index (χ1n) is 10.7. The molecule has 172 valence electrons. The molecule has 2 amide bonds. The van der Waals surface area contributed by atoms with Crippen molar-refractivity contribution in [2.45, 2.75) is 19.8 Å². The number of piperidine rings is 1. The van der Waals surface area contributed by atoms with Gasteiger partial charge >= 0.3 is 0 Å². The van der Waals surface area contributed by atoms with Crippen LogP contribution in [0, 0.1) is 5.92 Å². The van der Waals surface area contributed by atoms with E-state index >= 15 is 0 Å². The summed E-state index contributed by atoms with van der Waals surface area (Å²) >= 11 is 0. The Hall–Kier alpha value is -3.26. The Labute approximate surface area is 188 Å². The van der Waals surface area contributed by atoms with Crippen molar-refractivity contribution in [2.75, 3.05) is 51.6 Å². The molecule has 3 rings (SSSR count). The molecule has 0 aromatic heterocycles. The zero-order valence-electron chi connectivity index (χ0n) is 19.1. The van der Waals surface area contributed by atoms with E-state index in [1.807, 2.05) is 6.07 Å². The van der Waals surface area contributed by atoms with Gasteiger partial charge in [-0.1, -0.05) is 19.1 Å². The lowest BCUT2D eigenvalue weighted by molar-refractivity contribution is -0.117. The van der Waals surface area contributed by atoms with Gasteiger partial charge in [0.15, 0.2) is 11.5 Å². The van der Waals surface area contributed by atoms with Crippen molar-refractivity contribution in [3.8, 4) is 17.2 Å². The van der Waals surface area contributed by atoms with Gasteiger partial charge < -0.3 is 24.8 Å². The van der Waals surface area contributed by atoms with Crippen molar-refractivity contribution >= 4 is 23.2 Å². The number of hydrogen-bond donors (Lipinski definition) is 2. The fourth-order valence-electron chi connectivity index (χ4n) is 3.72. The number of nitrogens with zero attached hydrogens (tertiary/aromatic N) is 1. The zero-order chi connectivity index (χ0) is 23.1. The normalized spacial score (nSPS) is 14.5. The summed E-state index contributed by atoms with van der Waals surface area (Å²) in [6.45, 7) is 4.43. The average molecular weight is 442 g/mol. The fraction of sp³-hybridized carbons (Fsp3) is 0.417. The molecule has 8 nitrogen and oxygen atoms in total. The number of para-hydroxylation sites is 2. The molecule has 1 aliphatic heterocycles. The molecule has 1 heterocycles. The van der Waals surface area contributed by atoms with E-state index in [-0.39, 0.29) is 11.8 Å². The lowest BCUT2D eigenvalue weighted by Crippen LogP contribution is -2.38. The van der Waals surface area contributed by atoms with Crippen molar-refractivity contribution < 1.29 is 23.8 Å². The van der Waals surface area contributed by atoms with Crippen LogP contribution in [0.1, 0.15) is 30.1 Å². The number of amides is 2. The molecule has 1 aliphatic rings. The molecule has 0 radical (unpaired) electrons. The van der Waals surface area contributed by atoms with Gasteiger partial charge in [0.2, 0.25) is 11.7 Å². The van der Waals surface area contributed by atoms with Crippen LogP contribution in [0.5, 0.6) is 17.2 Å². The van der Waals surface area contributed by atoms with E-state index in [4.69, 9.17) is 14.2 Å². The van der Waals surface area contributed by atoms with E-state index in [2.05, 4.69) is 22.5 Å². The van der Waals surface area contributed by atoms with Crippen LogP contribution >= 0.6 is 0 Å². The number of anilines is 2. The zero-order valence-corrected chi connectivity index (χ0v) is 19.1. The summed E-state index contributed by atoms with van der Waals surface area (Å²) in [6.07, 6.45) is 2.21. The molecular formula is C24H31N3O5. The first-order valence-corrected chi connectivity index (χ1v) is 10.7. The maximum absolute atomic E-state index is 13.0. The third kappa shape index (κ3) is 5.70. The monoisotopic (exact) mass is 441 g/mol. The summed E-state index contributed by atoms with van der Waals surface area (Å²) < 4.78 is 16.0. The molecule has 2 aromatic carbocycles. The Bertz CT molecular complexity index is 929. The summed E-state index contributed by atoms with van der Waals surface area (Å²) in [7, 11) is 4.49. The second-order valence-corrected chi connectivity index (χ2v) is 7.92. The minimum absolute atomic E-state index is 0.103. The number of rotatable bonds is 8. The molecule has 2 N–H and O–H groups in total. The summed E-state index contributed by atoms with van der Waals surface area (Å²) in [6, 6.07) is 10.3. The highest BCUT2D eigenvalue weighted by Gasteiger charge is 2.20. The van der Waals surface area contributed by atoms with Gasteiger partial charge in [-0.05, 0) is 56.1 Å². The molecule has 2 aromatic rings. The van der Waals surface area contributed by atoms with Gasteiger partial charge in [0.1, 0.15) is 0 Å². The summed E-state index contributed by atoms with van der Waals surface area (Å²) in [5, 5.41) is 5.79. The minimum Gasteiger partial charge on any atom is -0.493 e. The van der Waals surface area contributed by atoms with E-state index in [1.54, 1.807) is 30.3 Å². The van der Waals surface area contributed by atoms with Gasteiger partial charge in [-0.2, -0.15) is 0 Å². The third-order valence-electron chi connectivity index (χ3n) is 5.62. The Balaban J connectivity index is 1.72. The number of ether oxygens (including phenoxy) is 3. The van der Waals surface area contributed by atoms with Crippen LogP contribution in [0.3, 0.4) is 0 Å².